The van der Waals surface area contributed by atoms with Crippen molar-refractivity contribution in [1.29, 1.82) is 0 Å². The van der Waals surface area contributed by atoms with Crippen molar-refractivity contribution in [2.24, 2.45) is 0 Å². The Balaban J connectivity index is 1.37. The molecule has 2 amide bonds. The van der Waals surface area contributed by atoms with Crippen LogP contribution in [0.25, 0.3) is 0 Å². The van der Waals surface area contributed by atoms with E-state index in [0.717, 1.165) is 37.2 Å². The number of benzene rings is 1. The fourth-order valence-corrected chi connectivity index (χ4v) is 3.98. The van der Waals surface area contributed by atoms with Crippen molar-refractivity contribution in [2.75, 3.05) is 52.8 Å². The molecule has 3 N–H and O–H groups in total. The van der Waals surface area contributed by atoms with Crippen LogP contribution >= 0.6 is 0 Å². The lowest BCUT2D eigenvalue weighted by atomic mass is 10.0. The van der Waals surface area contributed by atoms with Crippen molar-refractivity contribution >= 4 is 11.8 Å². The lowest BCUT2D eigenvalue weighted by molar-refractivity contribution is -0.937. The van der Waals surface area contributed by atoms with Gasteiger partial charge in [-0.2, -0.15) is 0 Å². The summed E-state index contributed by atoms with van der Waals surface area (Å²) < 4.78 is 21.8. The Bertz CT molecular complexity index is 731. The largest absolute Gasteiger partial charge is 0.454 e. The first-order valence-corrected chi connectivity index (χ1v) is 10.2. The monoisotopic (exact) mass is 406 g/mol. The fourth-order valence-electron chi connectivity index (χ4n) is 3.98. The summed E-state index contributed by atoms with van der Waals surface area (Å²) in [6.07, 6.45) is 1.91. The highest BCUT2D eigenvalue weighted by Gasteiger charge is 2.29. The standard InChI is InChI=1S/C20H27N3O6/c24-19(21-11-15-2-1-7-27-15)20(25)22-12-16(23-5-8-26-9-6-23)14-3-4-17-18(10-14)29-13-28-17/h3-4,10,15-16H,1-2,5-9,11-13H2,(H,21,24)(H,22,25)/p+1/t15-,16+/m1/s1. The molecule has 4 rings (SSSR count). The third-order valence-corrected chi connectivity index (χ3v) is 5.61. The normalized spacial score (nSPS) is 22.3. The van der Waals surface area contributed by atoms with Gasteiger partial charge in [0.25, 0.3) is 0 Å². The van der Waals surface area contributed by atoms with Crippen LogP contribution in [0.4, 0.5) is 0 Å². The molecule has 9 nitrogen and oxygen atoms in total. The summed E-state index contributed by atoms with van der Waals surface area (Å²) in [6.45, 7) is 4.66. The maximum atomic E-state index is 12.3. The van der Waals surface area contributed by atoms with E-state index in [-0.39, 0.29) is 18.9 Å². The molecule has 0 aliphatic carbocycles. The number of quaternary nitrogens is 1. The molecule has 29 heavy (non-hydrogen) atoms. The van der Waals surface area contributed by atoms with Gasteiger partial charge in [0, 0.05) is 18.7 Å². The van der Waals surface area contributed by atoms with Gasteiger partial charge in [0.05, 0.1) is 25.9 Å². The topological polar surface area (TPSA) is 99.6 Å². The zero-order valence-electron chi connectivity index (χ0n) is 16.4. The van der Waals surface area contributed by atoms with Gasteiger partial charge in [0.2, 0.25) is 6.79 Å². The van der Waals surface area contributed by atoms with E-state index < -0.39 is 11.8 Å². The number of amides is 2. The summed E-state index contributed by atoms with van der Waals surface area (Å²) in [5.74, 6) is 0.186. The Morgan fingerprint density at radius 3 is 2.66 bits per heavy atom. The van der Waals surface area contributed by atoms with Gasteiger partial charge in [-0.1, -0.05) is 0 Å². The molecule has 1 aromatic rings. The van der Waals surface area contributed by atoms with Gasteiger partial charge in [0.1, 0.15) is 19.1 Å². The number of carbonyl (C=O) groups is 2. The van der Waals surface area contributed by atoms with Crippen molar-refractivity contribution in [3.63, 3.8) is 0 Å². The molecule has 0 unspecified atom stereocenters. The lowest BCUT2D eigenvalue weighted by Gasteiger charge is -2.32. The summed E-state index contributed by atoms with van der Waals surface area (Å²) in [6, 6.07) is 5.83. The van der Waals surface area contributed by atoms with Crippen molar-refractivity contribution in [3.8, 4) is 11.5 Å². The van der Waals surface area contributed by atoms with Gasteiger partial charge in [0.15, 0.2) is 11.5 Å². The van der Waals surface area contributed by atoms with E-state index >= 15 is 0 Å². The van der Waals surface area contributed by atoms with E-state index in [2.05, 4.69) is 10.6 Å². The van der Waals surface area contributed by atoms with Gasteiger partial charge in [-0.05, 0) is 31.0 Å². The molecule has 0 saturated carbocycles. The molecule has 158 valence electrons. The molecule has 3 heterocycles. The van der Waals surface area contributed by atoms with Gasteiger partial charge in [-0.25, -0.2) is 0 Å². The van der Waals surface area contributed by atoms with Crippen LogP contribution in [0.5, 0.6) is 11.5 Å². The summed E-state index contributed by atoms with van der Waals surface area (Å²) in [4.78, 5) is 25.7. The Kier molecular flexibility index (Phi) is 6.48. The zero-order valence-corrected chi connectivity index (χ0v) is 16.4. The molecule has 3 aliphatic rings. The number of carbonyl (C=O) groups excluding carboxylic acids is 2. The van der Waals surface area contributed by atoms with Crippen LogP contribution in [0.1, 0.15) is 24.4 Å². The molecule has 0 aromatic heterocycles. The molecule has 0 radical (unpaired) electrons. The minimum absolute atomic E-state index is 0.00549. The zero-order chi connectivity index (χ0) is 20.1. The van der Waals surface area contributed by atoms with Crippen LogP contribution in [0.3, 0.4) is 0 Å². The van der Waals surface area contributed by atoms with Crippen LogP contribution in [-0.2, 0) is 19.1 Å². The SMILES string of the molecule is O=C(NC[C@H]1CCCO1)C(=O)NC[C@@H](c1ccc2c(c1)OCO2)[NH+]1CCOCC1. The fraction of sp³-hybridized carbons (Fsp3) is 0.600. The first-order valence-electron chi connectivity index (χ1n) is 10.2. The van der Waals surface area contributed by atoms with Crippen LogP contribution in [-0.4, -0.2) is 70.7 Å². The van der Waals surface area contributed by atoms with Crippen LogP contribution < -0.4 is 25.0 Å². The third-order valence-electron chi connectivity index (χ3n) is 5.61. The Hall–Kier alpha value is -2.36. The van der Waals surface area contributed by atoms with E-state index in [0.29, 0.717) is 38.7 Å². The van der Waals surface area contributed by atoms with Crippen LogP contribution in [0.2, 0.25) is 0 Å². The maximum absolute atomic E-state index is 12.3. The van der Waals surface area contributed by atoms with Gasteiger partial charge < -0.3 is 34.5 Å². The summed E-state index contributed by atoms with van der Waals surface area (Å²) in [5, 5.41) is 5.46. The predicted molar refractivity (Wildman–Crippen MR) is 102 cm³/mol. The molecule has 2 fully saturated rings. The van der Waals surface area contributed by atoms with Gasteiger partial charge in [-0.3, -0.25) is 9.59 Å². The number of rotatable bonds is 6. The van der Waals surface area contributed by atoms with Crippen LogP contribution in [0, 0.1) is 0 Å². The van der Waals surface area contributed by atoms with Gasteiger partial charge in [-0.15, -0.1) is 0 Å². The van der Waals surface area contributed by atoms with E-state index in [1.165, 1.54) is 4.90 Å². The number of nitrogens with one attached hydrogen (secondary N) is 3. The average molecular weight is 406 g/mol. The molecular formula is C20H28N3O6+. The Morgan fingerprint density at radius 1 is 1.07 bits per heavy atom. The van der Waals surface area contributed by atoms with E-state index in [9.17, 15) is 9.59 Å². The van der Waals surface area contributed by atoms with Crippen LogP contribution in [0.15, 0.2) is 18.2 Å². The minimum atomic E-state index is -0.624. The van der Waals surface area contributed by atoms with E-state index in [1.54, 1.807) is 0 Å². The molecule has 3 aliphatic heterocycles. The highest BCUT2D eigenvalue weighted by molar-refractivity contribution is 6.35. The second-order valence-corrected chi connectivity index (χ2v) is 7.49. The van der Waals surface area contributed by atoms with Crippen molar-refractivity contribution in [3.05, 3.63) is 23.8 Å². The summed E-state index contributed by atoms with van der Waals surface area (Å²) in [7, 11) is 0. The predicted octanol–water partition coefficient (Wildman–Crippen LogP) is -1.22. The summed E-state index contributed by atoms with van der Waals surface area (Å²) in [5.41, 5.74) is 1.03. The van der Waals surface area contributed by atoms with Crippen molar-refractivity contribution in [1.82, 2.24) is 10.6 Å². The molecule has 2 saturated heterocycles. The summed E-state index contributed by atoms with van der Waals surface area (Å²) >= 11 is 0. The molecule has 0 spiro atoms. The smallest absolute Gasteiger partial charge is 0.309 e. The quantitative estimate of drug-likeness (QED) is 0.513. The lowest BCUT2D eigenvalue weighted by Crippen LogP contribution is -3.15. The minimum Gasteiger partial charge on any atom is -0.454 e. The highest BCUT2D eigenvalue weighted by atomic mass is 16.7. The first kappa shape index (κ1) is 19.9. The number of hydrogen-bond donors (Lipinski definition) is 3. The number of hydrogen-bond acceptors (Lipinski definition) is 6. The molecule has 2 atom stereocenters. The Labute approximate surface area is 169 Å². The molecule has 0 bridgehead atoms. The second-order valence-electron chi connectivity index (χ2n) is 7.49. The van der Waals surface area contributed by atoms with Gasteiger partial charge >= 0.3 is 11.8 Å². The third kappa shape index (κ3) is 4.98. The number of ether oxygens (including phenoxy) is 4. The molecule has 9 heteroatoms. The average Bonchev–Trinajstić information content (AvgIpc) is 3.44. The number of morpholine rings is 1. The van der Waals surface area contributed by atoms with Crippen molar-refractivity contribution < 1.29 is 33.4 Å². The molecule has 1 aromatic carbocycles. The van der Waals surface area contributed by atoms with Crippen molar-refractivity contribution in [2.45, 2.75) is 25.0 Å². The number of fused-ring (bicyclic) bond motifs is 1. The Morgan fingerprint density at radius 2 is 1.86 bits per heavy atom. The molecular weight excluding hydrogens is 378 g/mol. The van der Waals surface area contributed by atoms with E-state index in [1.807, 2.05) is 18.2 Å². The van der Waals surface area contributed by atoms with E-state index in [4.69, 9.17) is 18.9 Å². The highest BCUT2D eigenvalue weighted by Crippen LogP contribution is 2.33. The first-order chi connectivity index (χ1) is 14.2. The second kappa shape index (κ2) is 9.43. The maximum Gasteiger partial charge on any atom is 0.309 e.